The van der Waals surface area contributed by atoms with Crippen LogP contribution < -0.4 is 16.2 Å². The van der Waals surface area contributed by atoms with E-state index in [1.807, 2.05) is 55.5 Å². The second-order valence-electron chi connectivity index (χ2n) is 9.95. The van der Waals surface area contributed by atoms with Crippen LogP contribution in [-0.2, 0) is 6.54 Å². The van der Waals surface area contributed by atoms with Crippen molar-refractivity contribution >= 4 is 39.5 Å². The number of carbonyl (C=O) groups excluding carboxylic acids is 1. The Kier molecular flexibility index (Phi) is 7.50. The van der Waals surface area contributed by atoms with Gasteiger partial charge < -0.3 is 15.6 Å². The molecule has 0 saturated carbocycles. The normalized spacial score (nSPS) is 11.9. The summed E-state index contributed by atoms with van der Waals surface area (Å²) in [7, 11) is 1.28. The maximum Gasteiger partial charge on any atom is 0.276 e. The van der Waals surface area contributed by atoms with E-state index in [0.717, 1.165) is 5.56 Å². The van der Waals surface area contributed by atoms with Crippen LogP contribution in [0.3, 0.4) is 0 Å². The van der Waals surface area contributed by atoms with Gasteiger partial charge in [0.25, 0.3) is 11.5 Å². The van der Waals surface area contributed by atoms with Gasteiger partial charge in [0, 0.05) is 24.8 Å². The molecule has 0 aliphatic rings. The van der Waals surface area contributed by atoms with E-state index >= 15 is 0 Å². The van der Waals surface area contributed by atoms with Crippen LogP contribution in [-0.4, -0.2) is 52.7 Å². The molecule has 0 aliphatic carbocycles. The Balaban J connectivity index is 1.40. The average Bonchev–Trinajstić information content (AvgIpc) is 3.52. The molecule has 12 nitrogen and oxygen atoms in total. The van der Waals surface area contributed by atoms with Gasteiger partial charge in [-0.05, 0) is 48.4 Å². The Bertz CT molecular complexity index is 1970. The number of H-pyrrole nitrogens is 1. The number of nitrogens with zero attached hydrogens (tertiary/aromatic N) is 6. The Morgan fingerprint density at radius 2 is 1.81 bits per heavy atom. The molecule has 12 heteroatoms. The molecule has 0 aliphatic heterocycles. The third kappa shape index (κ3) is 5.38. The van der Waals surface area contributed by atoms with E-state index in [-0.39, 0.29) is 11.6 Å². The molecule has 0 bridgehead atoms. The predicted octanol–water partition coefficient (Wildman–Crippen LogP) is 4.69. The van der Waals surface area contributed by atoms with Crippen LogP contribution in [0.5, 0.6) is 0 Å². The molecule has 1 amide bonds. The van der Waals surface area contributed by atoms with Crippen molar-refractivity contribution in [2.45, 2.75) is 25.9 Å². The minimum absolute atomic E-state index is 0.214. The first-order valence-electron chi connectivity index (χ1n) is 13.8. The van der Waals surface area contributed by atoms with E-state index in [9.17, 15) is 14.8 Å². The van der Waals surface area contributed by atoms with Crippen LogP contribution in [0.4, 0.5) is 11.5 Å². The first kappa shape index (κ1) is 27.5. The van der Waals surface area contributed by atoms with E-state index in [1.165, 1.54) is 13.4 Å². The van der Waals surface area contributed by atoms with E-state index in [2.05, 4.69) is 30.6 Å². The summed E-state index contributed by atoms with van der Waals surface area (Å²) in [6, 6.07) is 21.5. The molecule has 216 valence electrons. The van der Waals surface area contributed by atoms with Gasteiger partial charge in [-0.25, -0.2) is 25.0 Å². The number of aromatic amines is 1. The zero-order valence-electron chi connectivity index (χ0n) is 23.5. The molecule has 3 aromatic heterocycles. The molecule has 3 heterocycles. The molecule has 1 unspecified atom stereocenters. The van der Waals surface area contributed by atoms with Crippen molar-refractivity contribution < 1.29 is 10.0 Å². The van der Waals surface area contributed by atoms with E-state index < -0.39 is 5.91 Å². The molecular formula is C31H29N9O3. The Morgan fingerprint density at radius 3 is 2.56 bits per heavy atom. The number of carbonyl (C=O) groups is 1. The first-order chi connectivity index (χ1) is 20.9. The van der Waals surface area contributed by atoms with Crippen LogP contribution in [0, 0.1) is 0 Å². The van der Waals surface area contributed by atoms with Crippen LogP contribution >= 0.6 is 0 Å². The summed E-state index contributed by atoms with van der Waals surface area (Å²) in [5.74, 6) is 0.589. The molecule has 43 heavy (non-hydrogen) atoms. The fourth-order valence-corrected chi connectivity index (χ4v) is 4.99. The summed E-state index contributed by atoms with van der Waals surface area (Å²) < 4.78 is 1.64. The molecule has 6 rings (SSSR count). The lowest BCUT2D eigenvalue weighted by atomic mass is 10.1. The summed E-state index contributed by atoms with van der Waals surface area (Å²) in [5, 5.41) is 17.2. The lowest BCUT2D eigenvalue weighted by molar-refractivity contribution is -0.0374. The third-order valence-corrected chi connectivity index (χ3v) is 7.16. The van der Waals surface area contributed by atoms with E-state index in [0.29, 0.717) is 68.7 Å². The predicted molar refractivity (Wildman–Crippen MR) is 163 cm³/mol. The van der Waals surface area contributed by atoms with E-state index in [1.54, 1.807) is 35.2 Å². The number of hydrogen-bond donors (Lipinski definition) is 4. The number of amides is 1. The summed E-state index contributed by atoms with van der Waals surface area (Å²) in [4.78, 5) is 47.4. The van der Waals surface area contributed by atoms with Gasteiger partial charge in [0.2, 0.25) is 0 Å². The van der Waals surface area contributed by atoms with Gasteiger partial charge in [-0.3, -0.25) is 19.4 Å². The quantitative estimate of drug-likeness (QED) is 0.142. The zero-order chi connectivity index (χ0) is 29.9. The van der Waals surface area contributed by atoms with Crippen molar-refractivity contribution in [1.29, 1.82) is 0 Å². The highest BCUT2D eigenvalue weighted by atomic mass is 16.5. The molecule has 0 fully saturated rings. The fourth-order valence-electron chi connectivity index (χ4n) is 4.99. The highest BCUT2D eigenvalue weighted by molar-refractivity contribution is 5.93. The van der Waals surface area contributed by atoms with Crippen molar-refractivity contribution in [3.8, 4) is 5.69 Å². The number of nitrogens with one attached hydrogen (secondary N) is 3. The van der Waals surface area contributed by atoms with Crippen molar-refractivity contribution in [2.75, 3.05) is 17.7 Å². The standard InChI is InChI=1S/C31H29N9O3/c1-3-22(37-28-26-27(34-17-33-26)35-18-36-28)29-38-24-11-7-10-23(25(24)31(42)40(29)21-8-5-4-6-9-21)32-16-19-12-14-20(15-13-19)30(41)39(2)43/h4-15,17-18,22,32,43H,3,16H2,1-2H3,(H2,33,34,35,36,37). The van der Waals surface area contributed by atoms with Gasteiger partial charge in [-0.1, -0.05) is 43.3 Å². The second-order valence-corrected chi connectivity index (χ2v) is 9.95. The average molecular weight is 576 g/mol. The minimum atomic E-state index is -0.495. The maximum atomic E-state index is 14.4. The fraction of sp³-hybridized carbons (Fsp3) is 0.161. The van der Waals surface area contributed by atoms with Crippen LogP contribution in [0.1, 0.15) is 41.1 Å². The Labute approximate surface area is 246 Å². The van der Waals surface area contributed by atoms with Gasteiger partial charge in [0.1, 0.15) is 17.7 Å². The first-order valence-corrected chi connectivity index (χ1v) is 13.8. The lowest BCUT2D eigenvalue weighted by Gasteiger charge is -2.22. The number of benzene rings is 3. The molecule has 0 saturated heterocycles. The monoisotopic (exact) mass is 575 g/mol. The third-order valence-electron chi connectivity index (χ3n) is 7.16. The van der Waals surface area contributed by atoms with Crippen LogP contribution in [0.2, 0.25) is 0 Å². The van der Waals surface area contributed by atoms with Crippen molar-refractivity contribution in [3.05, 3.63) is 113 Å². The van der Waals surface area contributed by atoms with Crippen LogP contribution in [0.25, 0.3) is 27.8 Å². The number of hydrogen-bond acceptors (Lipinski definition) is 9. The Hall–Kier alpha value is -5.62. The number of hydroxylamine groups is 2. The van der Waals surface area contributed by atoms with Crippen molar-refractivity contribution in [3.63, 3.8) is 0 Å². The summed E-state index contributed by atoms with van der Waals surface area (Å²) >= 11 is 0. The number of para-hydroxylation sites is 1. The van der Waals surface area contributed by atoms with Gasteiger partial charge in [0.05, 0.1) is 29.0 Å². The van der Waals surface area contributed by atoms with Gasteiger partial charge in [-0.2, -0.15) is 0 Å². The molecule has 1 atom stereocenters. The highest BCUT2D eigenvalue weighted by Crippen LogP contribution is 2.28. The maximum absolute atomic E-state index is 14.4. The van der Waals surface area contributed by atoms with Crippen molar-refractivity contribution in [2.24, 2.45) is 0 Å². The summed E-state index contributed by atoms with van der Waals surface area (Å²) in [6.45, 7) is 2.42. The number of fused-ring (bicyclic) bond motifs is 2. The number of imidazole rings is 1. The molecule has 0 radical (unpaired) electrons. The molecule has 4 N–H and O–H groups in total. The Morgan fingerprint density at radius 1 is 1.02 bits per heavy atom. The second kappa shape index (κ2) is 11.7. The zero-order valence-corrected chi connectivity index (χ0v) is 23.5. The number of aromatic nitrogens is 6. The number of rotatable bonds is 9. The largest absolute Gasteiger partial charge is 0.380 e. The number of anilines is 2. The summed E-state index contributed by atoms with van der Waals surface area (Å²) in [5.41, 5.74) is 4.14. The van der Waals surface area contributed by atoms with Crippen LogP contribution in [0.15, 0.2) is 90.2 Å². The highest BCUT2D eigenvalue weighted by Gasteiger charge is 2.23. The smallest absolute Gasteiger partial charge is 0.276 e. The summed E-state index contributed by atoms with van der Waals surface area (Å²) in [6.07, 6.45) is 3.64. The van der Waals surface area contributed by atoms with Gasteiger partial charge in [-0.15, -0.1) is 0 Å². The molecule has 6 aromatic rings. The van der Waals surface area contributed by atoms with E-state index in [4.69, 9.17) is 4.98 Å². The van der Waals surface area contributed by atoms with Gasteiger partial charge in [0.15, 0.2) is 11.5 Å². The molecular weight excluding hydrogens is 546 g/mol. The molecule has 3 aromatic carbocycles. The molecule has 0 spiro atoms. The topological polar surface area (TPSA) is 154 Å². The van der Waals surface area contributed by atoms with Crippen molar-refractivity contribution in [1.82, 2.24) is 34.6 Å². The lowest BCUT2D eigenvalue weighted by Crippen LogP contribution is -2.28. The van der Waals surface area contributed by atoms with Gasteiger partial charge >= 0.3 is 0 Å². The SMILES string of the molecule is CCC(Nc1ncnc2[nH]cnc12)c1nc2cccc(NCc3ccc(C(=O)N(C)O)cc3)c2c(=O)n1-c1ccccc1. The minimum Gasteiger partial charge on any atom is -0.380 e.